The van der Waals surface area contributed by atoms with Crippen molar-refractivity contribution in [1.29, 1.82) is 0 Å². The van der Waals surface area contributed by atoms with E-state index in [0.29, 0.717) is 22.8 Å². The second kappa shape index (κ2) is 9.91. The number of nitrogens with zero attached hydrogens (tertiary/aromatic N) is 3. The van der Waals surface area contributed by atoms with Gasteiger partial charge in [0.25, 0.3) is 5.91 Å². The second-order valence-corrected chi connectivity index (χ2v) is 7.72. The number of allylic oxidation sites excluding steroid dienone is 1. The SMILES string of the molecule is [B]C([B])(O)NC(=O)/C(N)=C(/C=C(\N)NC(=O)C1CC1)Nc1cccc(-c2ncn(C)n2)c1OC. The van der Waals surface area contributed by atoms with Gasteiger partial charge in [-0.1, -0.05) is 6.07 Å². The summed E-state index contributed by atoms with van der Waals surface area (Å²) in [6.45, 7) is 0. The van der Waals surface area contributed by atoms with E-state index in [-0.39, 0.29) is 23.3 Å². The highest BCUT2D eigenvalue weighted by Crippen LogP contribution is 2.35. The fourth-order valence-electron chi connectivity index (χ4n) is 2.97. The Kier molecular flexibility index (Phi) is 7.20. The third-order valence-corrected chi connectivity index (χ3v) is 4.69. The molecule has 0 atom stereocenters. The van der Waals surface area contributed by atoms with E-state index in [4.69, 9.17) is 31.9 Å². The number of aromatic nitrogens is 3. The van der Waals surface area contributed by atoms with Gasteiger partial charge in [0, 0.05) is 24.6 Å². The van der Waals surface area contributed by atoms with Crippen molar-refractivity contribution in [1.82, 2.24) is 25.4 Å². The molecule has 1 heterocycles. The average molecular weight is 462 g/mol. The highest BCUT2D eigenvalue weighted by Gasteiger charge is 2.30. The van der Waals surface area contributed by atoms with Crippen LogP contribution in [-0.2, 0) is 16.6 Å². The molecule has 0 spiro atoms. The van der Waals surface area contributed by atoms with Gasteiger partial charge in [-0.25, -0.2) is 4.98 Å². The van der Waals surface area contributed by atoms with Crippen molar-refractivity contribution in [3.05, 3.63) is 47.8 Å². The van der Waals surface area contributed by atoms with E-state index < -0.39 is 17.1 Å². The van der Waals surface area contributed by atoms with Gasteiger partial charge in [0.05, 0.1) is 24.1 Å². The zero-order chi connectivity index (χ0) is 25.0. The summed E-state index contributed by atoms with van der Waals surface area (Å²) < 4.78 is 7.09. The molecule has 0 bridgehead atoms. The molecule has 14 heteroatoms. The molecule has 1 aromatic carbocycles. The Morgan fingerprint density at radius 3 is 2.59 bits per heavy atom. The van der Waals surface area contributed by atoms with E-state index in [1.165, 1.54) is 24.2 Å². The Morgan fingerprint density at radius 1 is 1.32 bits per heavy atom. The van der Waals surface area contributed by atoms with Gasteiger partial charge in [0.15, 0.2) is 11.6 Å². The number of hydrogen-bond donors (Lipinski definition) is 6. The number of hydrogen-bond acceptors (Lipinski definition) is 9. The van der Waals surface area contributed by atoms with Crippen LogP contribution in [0.4, 0.5) is 5.69 Å². The maximum absolute atomic E-state index is 12.5. The molecule has 1 aromatic heterocycles. The smallest absolute Gasteiger partial charge is 0.270 e. The van der Waals surface area contributed by atoms with Crippen molar-refractivity contribution in [3.8, 4) is 17.1 Å². The van der Waals surface area contributed by atoms with Crippen LogP contribution in [0, 0.1) is 5.92 Å². The first-order valence-electron chi connectivity index (χ1n) is 10.2. The number of aliphatic hydroxyl groups is 1. The fraction of sp³-hybridized carbons (Fsp3) is 0.300. The molecule has 0 aliphatic heterocycles. The lowest BCUT2D eigenvalue weighted by molar-refractivity contribution is -0.121. The van der Waals surface area contributed by atoms with Crippen LogP contribution in [0.25, 0.3) is 11.4 Å². The Labute approximate surface area is 198 Å². The van der Waals surface area contributed by atoms with Crippen LogP contribution in [0.3, 0.4) is 0 Å². The fourth-order valence-corrected chi connectivity index (χ4v) is 2.97. The zero-order valence-electron chi connectivity index (χ0n) is 18.7. The standard InChI is InChI=1S/C20H24B2N8O4/c1-30-9-25-17(29-30)11-4-3-5-12(16(11)34-2)26-13(15(24)19(32)28-20(21,22)33)8-14(23)27-18(31)10-6-7-10/h3-5,8-10,26,33H,6-7,23-24H2,1-2H3,(H,27,31)(H,28,32)/b14-8+,15-13+. The minimum atomic E-state index is -2.51. The van der Waals surface area contributed by atoms with Crippen LogP contribution in [0.2, 0.25) is 0 Å². The summed E-state index contributed by atoms with van der Waals surface area (Å²) in [5.41, 5.74) is 9.96. The number of ether oxygens (including phenoxy) is 1. The molecule has 1 saturated carbocycles. The molecular weight excluding hydrogens is 438 g/mol. The molecule has 12 nitrogen and oxygen atoms in total. The minimum Gasteiger partial charge on any atom is -0.494 e. The number of nitrogens with one attached hydrogen (secondary N) is 3. The van der Waals surface area contributed by atoms with Gasteiger partial charge in [-0.2, -0.15) is 5.10 Å². The lowest BCUT2D eigenvalue weighted by Crippen LogP contribution is -2.51. The highest BCUT2D eigenvalue weighted by atomic mass is 16.5. The van der Waals surface area contributed by atoms with Crippen LogP contribution in [0.1, 0.15) is 12.8 Å². The number of carbonyl (C=O) groups excluding carboxylic acids is 2. The van der Waals surface area contributed by atoms with Crippen LogP contribution >= 0.6 is 0 Å². The number of amides is 2. The summed E-state index contributed by atoms with van der Waals surface area (Å²) in [5.74, 6) is -0.637. The number of nitrogens with two attached hydrogens (primary N) is 2. The summed E-state index contributed by atoms with van der Waals surface area (Å²) in [6.07, 6.45) is 4.35. The third-order valence-electron chi connectivity index (χ3n) is 4.69. The molecule has 3 rings (SSSR count). The molecule has 2 amide bonds. The first-order chi connectivity index (χ1) is 16.0. The van der Waals surface area contributed by atoms with E-state index in [9.17, 15) is 14.7 Å². The molecule has 8 N–H and O–H groups in total. The Morgan fingerprint density at radius 2 is 2.03 bits per heavy atom. The normalized spacial score (nSPS) is 14.7. The summed E-state index contributed by atoms with van der Waals surface area (Å²) >= 11 is 0. The van der Waals surface area contributed by atoms with Gasteiger partial charge in [0.2, 0.25) is 5.91 Å². The van der Waals surface area contributed by atoms with E-state index in [1.807, 2.05) is 5.32 Å². The average Bonchev–Trinajstić information content (AvgIpc) is 3.52. The predicted octanol–water partition coefficient (Wildman–Crippen LogP) is -1.54. The van der Waals surface area contributed by atoms with Gasteiger partial charge in [-0.15, -0.1) is 0 Å². The molecule has 1 fully saturated rings. The molecule has 0 saturated heterocycles. The van der Waals surface area contributed by atoms with Gasteiger partial charge < -0.3 is 37.3 Å². The van der Waals surface area contributed by atoms with Gasteiger partial charge in [-0.05, 0) is 25.0 Å². The summed E-state index contributed by atoms with van der Waals surface area (Å²) in [5, 5.41) is 21.2. The number of carbonyl (C=O) groups is 2. The number of rotatable bonds is 9. The molecule has 34 heavy (non-hydrogen) atoms. The van der Waals surface area contributed by atoms with Crippen molar-refractivity contribution in [2.24, 2.45) is 24.4 Å². The van der Waals surface area contributed by atoms with Crippen molar-refractivity contribution < 1.29 is 19.4 Å². The predicted molar refractivity (Wildman–Crippen MR) is 126 cm³/mol. The van der Waals surface area contributed by atoms with E-state index >= 15 is 0 Å². The van der Waals surface area contributed by atoms with Crippen molar-refractivity contribution in [3.63, 3.8) is 0 Å². The van der Waals surface area contributed by atoms with E-state index in [0.717, 1.165) is 12.8 Å². The Bertz CT molecular complexity index is 1150. The molecule has 4 radical (unpaired) electrons. The molecule has 174 valence electrons. The third kappa shape index (κ3) is 6.32. The van der Waals surface area contributed by atoms with Crippen molar-refractivity contribution in [2.45, 2.75) is 18.4 Å². The molecule has 0 unspecified atom stereocenters. The van der Waals surface area contributed by atoms with E-state index in [1.54, 1.807) is 25.2 Å². The molecular formula is C20H24B2N8O4. The quantitative estimate of drug-likeness (QED) is 0.111. The first-order valence-corrected chi connectivity index (χ1v) is 10.2. The number of aryl methyl sites for hydroxylation is 1. The Balaban J connectivity index is 2.00. The van der Waals surface area contributed by atoms with Crippen LogP contribution in [0.5, 0.6) is 5.75 Å². The van der Waals surface area contributed by atoms with Crippen LogP contribution in [0.15, 0.2) is 47.8 Å². The maximum atomic E-state index is 12.5. The highest BCUT2D eigenvalue weighted by molar-refractivity contribution is 6.39. The number of methoxy groups -OCH3 is 1. The molecule has 1 aliphatic rings. The summed E-state index contributed by atoms with van der Waals surface area (Å²) in [4.78, 5) is 28.8. The molecule has 1 aliphatic carbocycles. The lowest BCUT2D eigenvalue weighted by atomic mass is 9.73. The van der Waals surface area contributed by atoms with Crippen LogP contribution < -0.4 is 32.2 Å². The number of anilines is 1. The summed E-state index contributed by atoms with van der Waals surface area (Å²) in [6, 6.07) is 5.12. The van der Waals surface area contributed by atoms with Crippen LogP contribution in [-0.4, -0.2) is 60.0 Å². The largest absolute Gasteiger partial charge is 0.494 e. The topological polar surface area (TPSA) is 182 Å². The monoisotopic (exact) mass is 462 g/mol. The van der Waals surface area contributed by atoms with Crippen molar-refractivity contribution in [2.75, 3.05) is 12.4 Å². The Hall–Kier alpha value is -3.93. The number of benzene rings is 1. The number of para-hydroxylation sites is 1. The maximum Gasteiger partial charge on any atom is 0.270 e. The van der Waals surface area contributed by atoms with E-state index in [2.05, 4.69) is 20.7 Å². The van der Waals surface area contributed by atoms with Gasteiger partial charge in [-0.3, -0.25) is 14.3 Å². The van der Waals surface area contributed by atoms with Crippen molar-refractivity contribution >= 4 is 33.2 Å². The zero-order valence-corrected chi connectivity index (χ0v) is 18.7. The summed E-state index contributed by atoms with van der Waals surface area (Å²) in [7, 11) is 13.7. The minimum absolute atomic E-state index is 0.0280. The lowest BCUT2D eigenvalue weighted by Gasteiger charge is -2.22. The second-order valence-electron chi connectivity index (χ2n) is 7.72. The first kappa shape index (κ1) is 24.7. The molecule has 2 aromatic rings. The van der Waals surface area contributed by atoms with Gasteiger partial charge >= 0.3 is 0 Å². The van der Waals surface area contributed by atoms with Gasteiger partial charge in [0.1, 0.15) is 33.5 Å².